The zero-order valence-corrected chi connectivity index (χ0v) is 18.6. The second-order valence-electron chi connectivity index (χ2n) is 7.40. The third-order valence-electron chi connectivity index (χ3n) is 5.19. The van der Waals surface area contributed by atoms with Gasteiger partial charge in [0.1, 0.15) is 6.33 Å². The fourth-order valence-corrected chi connectivity index (χ4v) is 4.25. The first kappa shape index (κ1) is 21.9. The lowest BCUT2D eigenvalue weighted by Gasteiger charge is -2.24. The molecule has 0 radical (unpaired) electrons. The van der Waals surface area contributed by atoms with E-state index >= 15 is 0 Å². The van der Waals surface area contributed by atoms with Gasteiger partial charge in [-0.2, -0.15) is 0 Å². The molecular formula is C21H20Cl3N5O2. The minimum atomic E-state index is -0.643. The number of aliphatic hydroxyl groups excluding tert-OH is 1. The van der Waals surface area contributed by atoms with Crippen molar-refractivity contribution in [3.8, 4) is 0 Å². The number of likely N-dealkylation sites (tertiary alicyclic amines) is 1. The molecule has 0 saturated carbocycles. The standard InChI is InChI=1S/C21H20Cl3N5O2/c22-15-4-1-13(2-5-15)10-28-12-26-27-20(28)19-8-17(30)11-29(19)21(31)25-9-14-3-6-16(23)7-18(14)24/h1-7,12,17,19,30H,8-11H2,(H,25,31). The number of rotatable bonds is 5. The van der Waals surface area contributed by atoms with Crippen molar-refractivity contribution in [3.05, 3.63) is 80.8 Å². The first-order valence-corrected chi connectivity index (χ1v) is 10.8. The fourth-order valence-electron chi connectivity index (χ4n) is 3.65. The number of β-amino-alcohol motifs (C(OH)–C–C–N with tert-alkyl or cyclic N) is 1. The van der Waals surface area contributed by atoms with Gasteiger partial charge in [0.2, 0.25) is 0 Å². The van der Waals surface area contributed by atoms with Crippen molar-refractivity contribution in [3.63, 3.8) is 0 Å². The second kappa shape index (κ2) is 9.44. The molecule has 2 atom stereocenters. The topological polar surface area (TPSA) is 83.3 Å². The number of carbonyl (C=O) groups is 1. The summed E-state index contributed by atoms with van der Waals surface area (Å²) in [4.78, 5) is 14.5. The summed E-state index contributed by atoms with van der Waals surface area (Å²) in [6, 6.07) is 11.9. The minimum Gasteiger partial charge on any atom is -0.391 e. The maximum Gasteiger partial charge on any atom is 0.318 e. The van der Waals surface area contributed by atoms with E-state index in [0.717, 1.165) is 11.1 Å². The molecule has 0 aliphatic carbocycles. The molecular weight excluding hydrogens is 461 g/mol. The van der Waals surface area contributed by atoms with E-state index in [1.165, 1.54) is 0 Å². The van der Waals surface area contributed by atoms with Crippen LogP contribution in [0.15, 0.2) is 48.8 Å². The summed E-state index contributed by atoms with van der Waals surface area (Å²) in [6.07, 6.45) is 1.36. The van der Waals surface area contributed by atoms with Gasteiger partial charge in [0.25, 0.3) is 0 Å². The molecule has 2 amide bonds. The third kappa shape index (κ3) is 5.13. The number of urea groups is 1. The van der Waals surface area contributed by atoms with Crippen LogP contribution in [0.2, 0.25) is 15.1 Å². The number of nitrogens with one attached hydrogen (secondary N) is 1. The third-order valence-corrected chi connectivity index (χ3v) is 6.03. The molecule has 10 heteroatoms. The van der Waals surface area contributed by atoms with Crippen LogP contribution in [-0.4, -0.2) is 43.5 Å². The summed E-state index contributed by atoms with van der Waals surface area (Å²) >= 11 is 18.1. The highest BCUT2D eigenvalue weighted by Gasteiger charge is 2.38. The molecule has 0 spiro atoms. The summed E-state index contributed by atoms with van der Waals surface area (Å²) < 4.78 is 1.88. The molecule has 1 aromatic heterocycles. The van der Waals surface area contributed by atoms with Crippen molar-refractivity contribution < 1.29 is 9.90 Å². The van der Waals surface area contributed by atoms with Gasteiger partial charge in [-0.05, 0) is 35.4 Å². The fraction of sp³-hybridized carbons (Fsp3) is 0.286. The van der Waals surface area contributed by atoms with E-state index in [-0.39, 0.29) is 19.1 Å². The van der Waals surface area contributed by atoms with Gasteiger partial charge in [-0.15, -0.1) is 10.2 Å². The van der Waals surface area contributed by atoms with Gasteiger partial charge in [0.05, 0.1) is 18.7 Å². The Bertz CT molecular complexity index is 1070. The number of aliphatic hydroxyl groups is 1. The highest BCUT2D eigenvalue weighted by molar-refractivity contribution is 6.35. The molecule has 1 fully saturated rings. The van der Waals surface area contributed by atoms with Crippen molar-refractivity contribution in [1.82, 2.24) is 25.0 Å². The first-order chi connectivity index (χ1) is 14.9. The average molecular weight is 481 g/mol. The second-order valence-corrected chi connectivity index (χ2v) is 8.68. The number of benzene rings is 2. The van der Waals surface area contributed by atoms with E-state index in [2.05, 4.69) is 15.5 Å². The number of halogens is 3. The first-order valence-electron chi connectivity index (χ1n) is 9.69. The number of hydrogen-bond donors (Lipinski definition) is 2. The Balaban J connectivity index is 1.48. The van der Waals surface area contributed by atoms with E-state index < -0.39 is 12.1 Å². The van der Waals surface area contributed by atoms with E-state index in [4.69, 9.17) is 34.8 Å². The Kier molecular flexibility index (Phi) is 6.67. The number of nitrogens with zero attached hydrogens (tertiary/aromatic N) is 4. The van der Waals surface area contributed by atoms with Gasteiger partial charge in [0, 0.05) is 34.6 Å². The van der Waals surface area contributed by atoms with Crippen LogP contribution in [0.1, 0.15) is 29.4 Å². The Morgan fingerprint density at radius 2 is 1.87 bits per heavy atom. The molecule has 0 bridgehead atoms. The largest absolute Gasteiger partial charge is 0.391 e. The summed E-state index contributed by atoms with van der Waals surface area (Å²) in [5.74, 6) is 0.617. The van der Waals surface area contributed by atoms with Crippen LogP contribution in [0.25, 0.3) is 0 Å². The molecule has 2 heterocycles. The molecule has 3 aromatic rings. The predicted octanol–water partition coefficient (Wildman–Crippen LogP) is 4.30. The molecule has 1 aliphatic heterocycles. The number of hydrogen-bond acceptors (Lipinski definition) is 4. The van der Waals surface area contributed by atoms with Gasteiger partial charge >= 0.3 is 6.03 Å². The van der Waals surface area contributed by atoms with Crippen LogP contribution >= 0.6 is 34.8 Å². The number of carbonyl (C=O) groups excluding carboxylic acids is 1. The molecule has 1 aliphatic rings. The van der Waals surface area contributed by atoms with E-state index in [1.807, 2.05) is 28.8 Å². The molecule has 2 N–H and O–H groups in total. The van der Waals surface area contributed by atoms with Crippen molar-refractivity contribution in [2.75, 3.05) is 6.54 Å². The number of aromatic nitrogens is 3. The zero-order valence-electron chi connectivity index (χ0n) is 16.4. The summed E-state index contributed by atoms with van der Waals surface area (Å²) in [6.45, 7) is 0.978. The van der Waals surface area contributed by atoms with Gasteiger partial charge in [0.15, 0.2) is 5.82 Å². The molecule has 7 nitrogen and oxygen atoms in total. The molecule has 1 saturated heterocycles. The van der Waals surface area contributed by atoms with Crippen LogP contribution in [-0.2, 0) is 13.1 Å². The van der Waals surface area contributed by atoms with Gasteiger partial charge in [-0.1, -0.05) is 53.0 Å². The van der Waals surface area contributed by atoms with Crippen LogP contribution in [0.5, 0.6) is 0 Å². The lowest BCUT2D eigenvalue weighted by atomic mass is 10.1. The smallest absolute Gasteiger partial charge is 0.318 e. The summed E-state index contributed by atoms with van der Waals surface area (Å²) in [5.41, 5.74) is 1.78. The molecule has 162 valence electrons. The maximum absolute atomic E-state index is 12.9. The van der Waals surface area contributed by atoms with E-state index in [1.54, 1.807) is 29.4 Å². The van der Waals surface area contributed by atoms with Crippen molar-refractivity contribution in [1.29, 1.82) is 0 Å². The zero-order chi connectivity index (χ0) is 22.0. The monoisotopic (exact) mass is 479 g/mol. The molecule has 2 aromatic carbocycles. The molecule has 2 unspecified atom stereocenters. The average Bonchev–Trinajstić information content (AvgIpc) is 3.35. The van der Waals surface area contributed by atoms with Gasteiger partial charge < -0.3 is 19.9 Å². The summed E-state index contributed by atoms with van der Waals surface area (Å²) in [7, 11) is 0. The predicted molar refractivity (Wildman–Crippen MR) is 119 cm³/mol. The van der Waals surface area contributed by atoms with Crippen LogP contribution in [0.4, 0.5) is 4.79 Å². The maximum atomic E-state index is 12.9. The highest BCUT2D eigenvalue weighted by Crippen LogP contribution is 2.31. The van der Waals surface area contributed by atoms with Crippen LogP contribution in [0, 0.1) is 0 Å². The SMILES string of the molecule is O=C(NCc1ccc(Cl)cc1Cl)N1CC(O)CC1c1nncn1Cc1ccc(Cl)cc1. The molecule has 31 heavy (non-hydrogen) atoms. The van der Waals surface area contributed by atoms with Crippen LogP contribution < -0.4 is 5.32 Å². The van der Waals surface area contributed by atoms with E-state index in [0.29, 0.717) is 33.9 Å². The molecule has 4 rings (SSSR count). The lowest BCUT2D eigenvalue weighted by Crippen LogP contribution is -2.40. The summed E-state index contributed by atoms with van der Waals surface area (Å²) in [5, 5.41) is 23.1. The van der Waals surface area contributed by atoms with Crippen molar-refractivity contribution in [2.24, 2.45) is 0 Å². The number of amides is 2. The van der Waals surface area contributed by atoms with E-state index in [9.17, 15) is 9.90 Å². The Morgan fingerprint density at radius 1 is 1.13 bits per heavy atom. The normalized spacial score (nSPS) is 18.4. The van der Waals surface area contributed by atoms with Crippen LogP contribution in [0.3, 0.4) is 0 Å². The highest BCUT2D eigenvalue weighted by atomic mass is 35.5. The van der Waals surface area contributed by atoms with Crippen molar-refractivity contribution >= 4 is 40.8 Å². The Labute approximate surface area is 194 Å². The quantitative estimate of drug-likeness (QED) is 0.570. The van der Waals surface area contributed by atoms with Crippen molar-refractivity contribution in [2.45, 2.75) is 31.7 Å². The Morgan fingerprint density at radius 3 is 2.61 bits per heavy atom. The minimum absolute atomic E-state index is 0.207. The van der Waals surface area contributed by atoms with Gasteiger partial charge in [-0.25, -0.2) is 4.79 Å². The lowest BCUT2D eigenvalue weighted by molar-refractivity contribution is 0.169. The van der Waals surface area contributed by atoms with Gasteiger partial charge in [-0.3, -0.25) is 0 Å². The Hall–Kier alpha value is -2.32.